The summed E-state index contributed by atoms with van der Waals surface area (Å²) in [6, 6.07) is 11.6. The number of carbonyl (C=O) groups excluding carboxylic acids is 1. The van der Waals surface area contributed by atoms with Crippen LogP contribution in [0.4, 0.5) is 4.39 Å². The van der Waals surface area contributed by atoms with E-state index in [9.17, 15) is 9.18 Å². The van der Waals surface area contributed by atoms with Crippen LogP contribution in [0.15, 0.2) is 58.1 Å². The number of hydrogen-bond acceptors (Lipinski definition) is 6. The molecule has 2 aromatic carbocycles. The highest BCUT2D eigenvalue weighted by Crippen LogP contribution is 2.33. The number of rotatable bonds is 7. The van der Waals surface area contributed by atoms with Gasteiger partial charge in [-0.05, 0) is 48.5 Å². The van der Waals surface area contributed by atoms with Gasteiger partial charge in [-0.25, -0.2) is 4.39 Å². The monoisotopic (exact) mass is 466 g/mol. The second-order valence-electron chi connectivity index (χ2n) is 7.63. The largest absolute Gasteiger partial charge is 0.490 e. The maximum absolute atomic E-state index is 13.9. The molecule has 9 heteroatoms. The van der Waals surface area contributed by atoms with Gasteiger partial charge in [0.2, 0.25) is 5.17 Å². The lowest BCUT2D eigenvalue weighted by molar-refractivity contribution is -0.114. The van der Waals surface area contributed by atoms with Gasteiger partial charge in [-0.1, -0.05) is 38.1 Å². The molecule has 0 bridgehead atoms. The predicted molar refractivity (Wildman–Crippen MR) is 128 cm³/mol. The number of hydrazone groups is 1. The first-order chi connectivity index (χ1) is 15.9. The molecule has 0 spiro atoms. The van der Waals surface area contributed by atoms with Crippen LogP contribution in [0, 0.1) is 17.1 Å². The van der Waals surface area contributed by atoms with E-state index in [1.165, 1.54) is 22.8 Å². The quantitative estimate of drug-likeness (QED) is 0.575. The fourth-order valence-electron chi connectivity index (χ4n) is 3.18. The molecule has 0 atom stereocenters. The summed E-state index contributed by atoms with van der Waals surface area (Å²) in [6.45, 7) is 6.29. The standard InChI is InChI=1S/C24H23FN4O3S/c1-4-31-20-12-15(9-10-19(20)32-13-16-7-5-6-8-18(16)25)11-17-21(26)29-24(27-22(17)30)33-23(28-29)14(2)3/h5-12,14,26H,4,13H2,1-3H3. The lowest BCUT2D eigenvalue weighted by Gasteiger charge is -2.20. The Morgan fingerprint density at radius 2 is 1.97 bits per heavy atom. The molecule has 0 unspecified atom stereocenters. The van der Waals surface area contributed by atoms with Crippen LogP contribution in [0.25, 0.3) is 6.08 Å². The van der Waals surface area contributed by atoms with Gasteiger partial charge in [0.1, 0.15) is 17.5 Å². The summed E-state index contributed by atoms with van der Waals surface area (Å²) >= 11 is 1.31. The number of hydrogen-bond donors (Lipinski definition) is 1. The number of carbonyl (C=O) groups is 1. The van der Waals surface area contributed by atoms with Crippen molar-refractivity contribution >= 4 is 39.8 Å². The van der Waals surface area contributed by atoms with Crippen molar-refractivity contribution in [3.8, 4) is 11.5 Å². The molecule has 0 aliphatic carbocycles. The predicted octanol–water partition coefficient (Wildman–Crippen LogP) is 5.08. The summed E-state index contributed by atoms with van der Waals surface area (Å²) in [7, 11) is 0. The topological polar surface area (TPSA) is 87.3 Å². The van der Waals surface area contributed by atoms with Gasteiger partial charge in [0.25, 0.3) is 5.91 Å². The minimum Gasteiger partial charge on any atom is -0.490 e. The van der Waals surface area contributed by atoms with Gasteiger partial charge in [-0.15, -0.1) is 0 Å². The number of benzene rings is 2. The Morgan fingerprint density at radius 1 is 1.18 bits per heavy atom. The molecule has 33 heavy (non-hydrogen) atoms. The molecule has 0 saturated heterocycles. The molecule has 0 fully saturated rings. The first kappa shape index (κ1) is 22.7. The number of amides is 1. The number of thioether (sulfide) groups is 1. The van der Waals surface area contributed by atoms with Crippen molar-refractivity contribution in [2.45, 2.75) is 27.4 Å². The summed E-state index contributed by atoms with van der Waals surface area (Å²) < 4.78 is 25.4. The smallest absolute Gasteiger partial charge is 0.283 e. The van der Waals surface area contributed by atoms with Crippen LogP contribution in [0.3, 0.4) is 0 Å². The number of fused-ring (bicyclic) bond motifs is 1. The van der Waals surface area contributed by atoms with Crippen LogP contribution >= 0.6 is 11.8 Å². The number of ether oxygens (including phenoxy) is 2. The third-order valence-electron chi connectivity index (χ3n) is 4.88. The van der Waals surface area contributed by atoms with E-state index in [1.807, 2.05) is 20.8 Å². The zero-order valence-electron chi connectivity index (χ0n) is 18.5. The Morgan fingerprint density at radius 3 is 2.70 bits per heavy atom. The number of aliphatic imine (C=N–C) groups is 1. The molecule has 2 heterocycles. The summed E-state index contributed by atoms with van der Waals surface area (Å²) in [5, 5.41) is 15.5. The van der Waals surface area contributed by atoms with Gasteiger partial charge in [-0.3, -0.25) is 10.2 Å². The molecular weight excluding hydrogens is 443 g/mol. The van der Waals surface area contributed by atoms with Gasteiger partial charge >= 0.3 is 0 Å². The van der Waals surface area contributed by atoms with Crippen molar-refractivity contribution in [3.63, 3.8) is 0 Å². The van der Waals surface area contributed by atoms with Gasteiger partial charge in [-0.2, -0.15) is 15.1 Å². The van der Waals surface area contributed by atoms with E-state index in [4.69, 9.17) is 14.9 Å². The summed E-state index contributed by atoms with van der Waals surface area (Å²) in [5.41, 5.74) is 1.21. The molecule has 2 aliphatic heterocycles. The van der Waals surface area contributed by atoms with E-state index < -0.39 is 5.91 Å². The Labute approximate surface area is 195 Å². The Kier molecular flexibility index (Phi) is 6.60. The van der Waals surface area contributed by atoms with Crippen molar-refractivity contribution in [2.75, 3.05) is 6.61 Å². The highest BCUT2D eigenvalue weighted by molar-refractivity contribution is 8.27. The van der Waals surface area contributed by atoms with Crippen molar-refractivity contribution < 1.29 is 18.7 Å². The molecule has 170 valence electrons. The van der Waals surface area contributed by atoms with E-state index in [2.05, 4.69) is 10.1 Å². The summed E-state index contributed by atoms with van der Waals surface area (Å²) in [6.07, 6.45) is 1.58. The van der Waals surface area contributed by atoms with E-state index >= 15 is 0 Å². The van der Waals surface area contributed by atoms with Crippen LogP contribution in [0.2, 0.25) is 0 Å². The molecular formula is C24H23FN4O3S. The molecule has 7 nitrogen and oxygen atoms in total. The fourth-order valence-corrected chi connectivity index (χ4v) is 4.07. The fraction of sp³-hybridized carbons (Fsp3) is 0.250. The van der Waals surface area contributed by atoms with Crippen LogP contribution in [-0.4, -0.2) is 33.6 Å². The minimum atomic E-state index is -0.489. The Hall–Kier alpha value is -3.46. The molecule has 4 rings (SSSR count). The number of nitrogens with one attached hydrogen (secondary N) is 1. The first-order valence-corrected chi connectivity index (χ1v) is 11.3. The van der Waals surface area contributed by atoms with Gasteiger partial charge < -0.3 is 9.47 Å². The zero-order chi connectivity index (χ0) is 23.5. The molecule has 1 N–H and O–H groups in total. The average Bonchev–Trinajstić information content (AvgIpc) is 3.22. The normalized spacial score (nSPS) is 16.8. The maximum atomic E-state index is 13.9. The SMILES string of the molecule is CCOc1cc(C=C2C(=N)N3N=C(C(C)C)SC3=NC2=O)ccc1OCc1ccccc1F. The third-order valence-corrected chi connectivity index (χ3v) is 6.09. The number of amidine groups is 2. The van der Waals surface area contributed by atoms with Gasteiger partial charge in [0.05, 0.1) is 12.2 Å². The van der Waals surface area contributed by atoms with E-state index in [-0.39, 0.29) is 29.8 Å². The summed E-state index contributed by atoms with van der Waals surface area (Å²) in [4.78, 5) is 16.7. The van der Waals surface area contributed by atoms with Crippen LogP contribution in [0.1, 0.15) is 31.9 Å². The molecule has 2 aromatic rings. The van der Waals surface area contributed by atoms with Crippen molar-refractivity contribution in [1.82, 2.24) is 5.01 Å². The number of halogens is 1. The highest BCUT2D eigenvalue weighted by atomic mass is 32.2. The van der Waals surface area contributed by atoms with E-state index in [0.717, 1.165) is 5.04 Å². The second kappa shape index (κ2) is 9.58. The molecule has 1 amide bonds. The van der Waals surface area contributed by atoms with Gasteiger partial charge in [0.15, 0.2) is 17.3 Å². The second-order valence-corrected chi connectivity index (χ2v) is 8.62. The third kappa shape index (κ3) is 4.83. The van der Waals surface area contributed by atoms with Crippen molar-refractivity contribution in [1.29, 1.82) is 5.41 Å². The Balaban J connectivity index is 1.59. The van der Waals surface area contributed by atoms with Crippen LogP contribution in [0.5, 0.6) is 11.5 Å². The van der Waals surface area contributed by atoms with Crippen molar-refractivity contribution in [2.24, 2.45) is 16.0 Å². The lowest BCUT2D eigenvalue weighted by atomic mass is 10.1. The Bertz CT molecular complexity index is 1210. The highest BCUT2D eigenvalue weighted by Gasteiger charge is 2.36. The van der Waals surface area contributed by atoms with Crippen molar-refractivity contribution in [3.05, 3.63) is 65.0 Å². The first-order valence-electron chi connectivity index (χ1n) is 10.5. The van der Waals surface area contributed by atoms with E-state index in [0.29, 0.717) is 34.4 Å². The lowest BCUT2D eigenvalue weighted by Crippen LogP contribution is -2.35. The molecule has 0 radical (unpaired) electrons. The molecule has 0 saturated carbocycles. The van der Waals surface area contributed by atoms with Crippen LogP contribution in [-0.2, 0) is 11.4 Å². The summed E-state index contributed by atoms with van der Waals surface area (Å²) in [5.74, 6) is 0.232. The van der Waals surface area contributed by atoms with Gasteiger partial charge in [0, 0.05) is 11.5 Å². The minimum absolute atomic E-state index is 0.0222. The maximum Gasteiger partial charge on any atom is 0.283 e. The zero-order valence-corrected chi connectivity index (χ0v) is 19.3. The van der Waals surface area contributed by atoms with E-state index in [1.54, 1.807) is 42.5 Å². The molecule has 2 aliphatic rings. The molecule has 0 aromatic heterocycles. The van der Waals surface area contributed by atoms with Crippen LogP contribution < -0.4 is 9.47 Å². The number of nitrogens with zero attached hydrogens (tertiary/aromatic N) is 3. The average molecular weight is 467 g/mol.